The van der Waals surface area contributed by atoms with Crippen LogP contribution in [0.15, 0.2) is 54.7 Å². The number of nitrogens with two attached hydrogens (primary N) is 1. The Balaban J connectivity index is 1.72. The van der Waals surface area contributed by atoms with Crippen molar-refractivity contribution in [3.05, 3.63) is 82.5 Å². The first-order chi connectivity index (χ1) is 12.5. The first kappa shape index (κ1) is 18.0. The van der Waals surface area contributed by atoms with Gasteiger partial charge in [-0.3, -0.25) is 5.01 Å². The van der Waals surface area contributed by atoms with Gasteiger partial charge in [0.1, 0.15) is 12.4 Å². The van der Waals surface area contributed by atoms with Crippen LogP contribution in [0.1, 0.15) is 11.1 Å². The van der Waals surface area contributed by atoms with Crippen molar-refractivity contribution in [1.82, 2.24) is 9.97 Å². The van der Waals surface area contributed by atoms with Gasteiger partial charge < -0.3 is 4.74 Å². The molecule has 26 heavy (non-hydrogen) atoms. The topological polar surface area (TPSA) is 64.3 Å². The molecule has 134 valence electrons. The first-order valence-electron chi connectivity index (χ1n) is 7.68. The molecule has 0 fully saturated rings. The maximum absolute atomic E-state index is 14.1. The van der Waals surface area contributed by atoms with Gasteiger partial charge in [-0.05, 0) is 29.3 Å². The van der Waals surface area contributed by atoms with Crippen LogP contribution in [0.5, 0.6) is 6.01 Å². The van der Waals surface area contributed by atoms with Crippen molar-refractivity contribution in [3.8, 4) is 6.01 Å². The number of nitrogens with zero attached hydrogens (tertiary/aromatic N) is 3. The summed E-state index contributed by atoms with van der Waals surface area (Å²) in [5.74, 6) is 4.79. The number of hydrogen-bond donors (Lipinski definition) is 1. The lowest BCUT2D eigenvalue weighted by atomic mass is 10.2. The highest BCUT2D eigenvalue weighted by Crippen LogP contribution is 2.21. The van der Waals surface area contributed by atoms with E-state index >= 15 is 0 Å². The van der Waals surface area contributed by atoms with Crippen molar-refractivity contribution in [3.63, 3.8) is 0 Å². The lowest BCUT2D eigenvalue weighted by molar-refractivity contribution is 0.279. The number of anilines is 1. The molecule has 3 aromatic rings. The second-order valence-corrected chi connectivity index (χ2v) is 5.87. The number of hydrazine groups is 1. The molecule has 0 amide bonds. The molecule has 0 atom stereocenters. The molecule has 2 aromatic carbocycles. The summed E-state index contributed by atoms with van der Waals surface area (Å²) in [6, 6.07) is 12.9. The maximum atomic E-state index is 14.1. The summed E-state index contributed by atoms with van der Waals surface area (Å²) >= 11 is 6.10. The molecule has 8 heteroatoms. The van der Waals surface area contributed by atoms with E-state index in [0.717, 1.165) is 22.3 Å². The van der Waals surface area contributed by atoms with Gasteiger partial charge >= 0.3 is 6.01 Å². The average molecular weight is 377 g/mol. The largest absolute Gasteiger partial charge is 0.459 e. The van der Waals surface area contributed by atoms with Crippen LogP contribution in [0.4, 0.5) is 14.6 Å². The molecule has 0 aliphatic carbocycles. The fraction of sp³-hybridized carbons (Fsp3) is 0.111. The zero-order valence-corrected chi connectivity index (χ0v) is 14.3. The van der Waals surface area contributed by atoms with Crippen LogP contribution in [0.25, 0.3) is 0 Å². The van der Waals surface area contributed by atoms with E-state index in [1.165, 1.54) is 12.1 Å². The summed E-state index contributed by atoms with van der Waals surface area (Å²) in [5, 5.41) is 1.65. The minimum absolute atomic E-state index is 0.0414. The van der Waals surface area contributed by atoms with Crippen LogP contribution < -0.4 is 15.6 Å². The summed E-state index contributed by atoms with van der Waals surface area (Å²) in [6.07, 6.45) is 0.981. The highest BCUT2D eigenvalue weighted by molar-refractivity contribution is 6.31. The van der Waals surface area contributed by atoms with Crippen LogP contribution in [0, 0.1) is 11.6 Å². The van der Waals surface area contributed by atoms with Crippen LogP contribution in [-0.2, 0) is 13.2 Å². The zero-order valence-electron chi connectivity index (χ0n) is 13.6. The van der Waals surface area contributed by atoms with Crippen molar-refractivity contribution in [2.24, 2.45) is 5.84 Å². The van der Waals surface area contributed by atoms with E-state index in [2.05, 4.69) is 9.97 Å². The third-order valence-corrected chi connectivity index (χ3v) is 3.92. The number of hydrogen-bond acceptors (Lipinski definition) is 5. The number of aromatic nitrogens is 2. The first-order valence-corrected chi connectivity index (χ1v) is 8.06. The average Bonchev–Trinajstić information content (AvgIpc) is 2.64. The van der Waals surface area contributed by atoms with Gasteiger partial charge in [0.15, 0.2) is 11.6 Å². The standard InChI is InChI=1S/C18H15ClF2N4O/c19-15-4-2-1-3-13(15)10-25(22)17-16(21)9-23-18(24-17)26-11-12-5-7-14(20)8-6-12/h1-9H,10-11,22H2. The van der Waals surface area contributed by atoms with Crippen molar-refractivity contribution < 1.29 is 13.5 Å². The Bertz CT molecular complexity index is 893. The summed E-state index contributed by atoms with van der Waals surface area (Å²) in [7, 11) is 0. The van der Waals surface area contributed by atoms with Crippen LogP contribution in [0.3, 0.4) is 0 Å². The Kier molecular flexibility index (Phi) is 5.60. The van der Waals surface area contributed by atoms with E-state index in [9.17, 15) is 8.78 Å². The Morgan fingerprint density at radius 2 is 1.81 bits per heavy atom. The van der Waals surface area contributed by atoms with E-state index in [4.69, 9.17) is 22.2 Å². The molecule has 0 aliphatic heterocycles. The second-order valence-electron chi connectivity index (χ2n) is 5.46. The number of ether oxygens (including phenoxy) is 1. The number of benzene rings is 2. The van der Waals surface area contributed by atoms with Gasteiger partial charge in [0.25, 0.3) is 0 Å². The molecule has 2 N–H and O–H groups in total. The summed E-state index contributed by atoms with van der Waals surface area (Å²) in [6.45, 7) is 0.269. The molecule has 0 radical (unpaired) electrons. The van der Waals surface area contributed by atoms with Gasteiger partial charge in [-0.25, -0.2) is 19.6 Å². The third-order valence-electron chi connectivity index (χ3n) is 3.56. The quantitative estimate of drug-likeness (QED) is 0.522. The predicted octanol–water partition coefficient (Wildman–Crippen LogP) is 3.87. The lowest BCUT2D eigenvalue weighted by Gasteiger charge is -2.19. The van der Waals surface area contributed by atoms with Gasteiger partial charge in [0.2, 0.25) is 0 Å². The van der Waals surface area contributed by atoms with Gasteiger partial charge in [0, 0.05) is 5.02 Å². The third kappa shape index (κ3) is 4.44. The van der Waals surface area contributed by atoms with E-state index in [0.29, 0.717) is 5.02 Å². The molecule has 0 spiro atoms. The van der Waals surface area contributed by atoms with Crippen LogP contribution >= 0.6 is 11.6 Å². The van der Waals surface area contributed by atoms with Crippen molar-refractivity contribution in [2.45, 2.75) is 13.2 Å². The van der Waals surface area contributed by atoms with E-state index < -0.39 is 5.82 Å². The van der Waals surface area contributed by atoms with Crippen molar-refractivity contribution in [2.75, 3.05) is 5.01 Å². The number of rotatable bonds is 6. The fourth-order valence-electron chi connectivity index (χ4n) is 2.23. The molecule has 3 rings (SSSR count). The second kappa shape index (κ2) is 8.07. The van der Waals surface area contributed by atoms with E-state index in [-0.39, 0.29) is 30.8 Å². The predicted molar refractivity (Wildman–Crippen MR) is 94.5 cm³/mol. The van der Waals surface area contributed by atoms with Crippen LogP contribution in [0.2, 0.25) is 5.02 Å². The van der Waals surface area contributed by atoms with Gasteiger partial charge in [-0.2, -0.15) is 4.98 Å². The lowest BCUT2D eigenvalue weighted by Crippen LogP contribution is -2.32. The van der Waals surface area contributed by atoms with Crippen molar-refractivity contribution in [1.29, 1.82) is 0 Å². The summed E-state index contributed by atoms with van der Waals surface area (Å²) in [4.78, 5) is 7.79. The summed E-state index contributed by atoms with van der Waals surface area (Å²) in [5.41, 5.74) is 1.45. The van der Waals surface area contributed by atoms with Gasteiger partial charge in [-0.15, -0.1) is 0 Å². The Labute approximate surface area is 154 Å². The smallest absolute Gasteiger partial charge is 0.318 e. The fourth-order valence-corrected chi connectivity index (χ4v) is 2.42. The minimum Gasteiger partial charge on any atom is -0.459 e. The maximum Gasteiger partial charge on any atom is 0.318 e. The molecule has 0 saturated heterocycles. The minimum atomic E-state index is -0.686. The Hall–Kier alpha value is -2.77. The molecule has 1 heterocycles. The number of halogens is 3. The molecule has 0 aliphatic rings. The van der Waals surface area contributed by atoms with E-state index in [1.54, 1.807) is 30.3 Å². The normalized spacial score (nSPS) is 10.6. The monoisotopic (exact) mass is 376 g/mol. The molecular formula is C18H15ClF2N4O. The van der Waals surface area contributed by atoms with Gasteiger partial charge in [-0.1, -0.05) is 41.9 Å². The highest BCUT2D eigenvalue weighted by atomic mass is 35.5. The van der Waals surface area contributed by atoms with Gasteiger partial charge in [0.05, 0.1) is 12.7 Å². The molecule has 1 aromatic heterocycles. The molecule has 0 unspecified atom stereocenters. The zero-order chi connectivity index (χ0) is 18.5. The Morgan fingerprint density at radius 1 is 1.08 bits per heavy atom. The molecule has 5 nitrogen and oxygen atoms in total. The Morgan fingerprint density at radius 3 is 2.54 bits per heavy atom. The molecular weight excluding hydrogens is 362 g/mol. The van der Waals surface area contributed by atoms with Crippen molar-refractivity contribution >= 4 is 17.4 Å². The summed E-state index contributed by atoms with van der Waals surface area (Å²) < 4.78 is 32.4. The van der Waals surface area contributed by atoms with E-state index in [1.807, 2.05) is 6.07 Å². The molecule has 0 saturated carbocycles. The highest BCUT2D eigenvalue weighted by Gasteiger charge is 2.15. The van der Waals surface area contributed by atoms with Crippen LogP contribution in [-0.4, -0.2) is 9.97 Å². The molecule has 0 bridgehead atoms. The SMILES string of the molecule is NN(Cc1ccccc1Cl)c1nc(OCc2ccc(F)cc2)ncc1F.